The van der Waals surface area contributed by atoms with Gasteiger partial charge in [0.1, 0.15) is 0 Å². The lowest BCUT2D eigenvalue weighted by molar-refractivity contribution is -0.118. The minimum Gasteiger partial charge on any atom is -0.310 e. The molecule has 132 valence electrons. The molecule has 4 nitrogen and oxygen atoms in total. The second kappa shape index (κ2) is 7.40. The van der Waals surface area contributed by atoms with E-state index in [0.29, 0.717) is 11.6 Å². The minimum absolute atomic E-state index is 0.0488. The zero-order valence-electron chi connectivity index (χ0n) is 13.7. The number of carbonyl (C=O) groups is 1. The van der Waals surface area contributed by atoms with E-state index in [1.54, 1.807) is 53.1 Å². The van der Waals surface area contributed by atoms with E-state index in [0.717, 1.165) is 21.9 Å². The van der Waals surface area contributed by atoms with Crippen molar-refractivity contribution in [3.63, 3.8) is 0 Å². The lowest BCUT2D eigenvalue weighted by Gasteiger charge is -2.29. The first-order valence-electron chi connectivity index (χ1n) is 7.89. The fraction of sp³-hybridized carbons (Fsp3) is 0.278. The topological polar surface area (TPSA) is 54.5 Å². The first-order valence-corrected chi connectivity index (χ1v) is 10.9. The van der Waals surface area contributed by atoms with Gasteiger partial charge in [-0.3, -0.25) is 4.79 Å². The van der Waals surface area contributed by atoms with Gasteiger partial charge < -0.3 is 4.90 Å². The first-order chi connectivity index (χ1) is 11.9. The molecule has 0 radical (unpaired) electrons. The van der Waals surface area contributed by atoms with Crippen LogP contribution in [-0.2, 0) is 14.6 Å². The van der Waals surface area contributed by atoms with Gasteiger partial charge >= 0.3 is 0 Å². The number of anilines is 1. The number of fused-ring (bicyclic) bond motifs is 1. The molecule has 0 N–H and O–H groups in total. The number of hydrogen-bond acceptors (Lipinski definition) is 4. The van der Waals surface area contributed by atoms with Crippen molar-refractivity contribution in [2.75, 3.05) is 23.0 Å². The molecule has 1 heterocycles. The molecule has 0 atom stereocenters. The Morgan fingerprint density at radius 3 is 2.64 bits per heavy atom. The number of rotatable bonds is 4. The average Bonchev–Trinajstić information content (AvgIpc) is 2.59. The zero-order chi connectivity index (χ0) is 18.0. The number of nitrogens with zero attached hydrogens (tertiary/aromatic N) is 1. The molecule has 2 aromatic carbocycles. The lowest BCUT2D eigenvalue weighted by atomic mass is 10.2. The number of amides is 1. The van der Waals surface area contributed by atoms with E-state index in [1.807, 2.05) is 13.0 Å². The Morgan fingerprint density at radius 1 is 1.20 bits per heavy atom. The van der Waals surface area contributed by atoms with Crippen molar-refractivity contribution in [3.05, 3.63) is 53.1 Å². The van der Waals surface area contributed by atoms with E-state index in [1.165, 1.54) is 0 Å². The van der Waals surface area contributed by atoms with Crippen molar-refractivity contribution < 1.29 is 13.2 Å². The van der Waals surface area contributed by atoms with Gasteiger partial charge in [0.2, 0.25) is 5.91 Å². The van der Waals surface area contributed by atoms with Gasteiger partial charge in [-0.05, 0) is 37.3 Å². The van der Waals surface area contributed by atoms with E-state index in [4.69, 9.17) is 11.6 Å². The van der Waals surface area contributed by atoms with Crippen LogP contribution < -0.4 is 4.90 Å². The Balaban J connectivity index is 1.73. The van der Waals surface area contributed by atoms with Crippen molar-refractivity contribution in [2.45, 2.75) is 23.1 Å². The molecule has 0 spiro atoms. The summed E-state index contributed by atoms with van der Waals surface area (Å²) in [7, 11) is -3.48. The average molecular weight is 396 g/mol. The highest BCUT2D eigenvalue weighted by Gasteiger charge is 2.25. The molecule has 0 aliphatic carbocycles. The van der Waals surface area contributed by atoms with Gasteiger partial charge in [0.15, 0.2) is 9.84 Å². The standard InChI is InChI=1S/C18H18ClNO3S2/c1-13-2-5-15(6-3-13)25(22,23)11-8-18(21)20-9-10-24-17-7-4-14(19)12-16(17)20/h2-7,12H,8-11H2,1H3. The molecule has 7 heteroatoms. The van der Waals surface area contributed by atoms with Crippen LogP contribution in [0.15, 0.2) is 52.3 Å². The maximum atomic E-state index is 12.6. The number of hydrogen-bond donors (Lipinski definition) is 0. The molecule has 1 aliphatic rings. The summed E-state index contributed by atoms with van der Waals surface area (Å²) in [6, 6.07) is 12.1. The van der Waals surface area contributed by atoms with Gasteiger partial charge in [0.25, 0.3) is 0 Å². The van der Waals surface area contributed by atoms with Gasteiger partial charge in [-0.15, -0.1) is 11.8 Å². The second-order valence-corrected chi connectivity index (χ2v) is 9.57. The number of aryl methyl sites for hydroxylation is 1. The summed E-state index contributed by atoms with van der Waals surface area (Å²) in [4.78, 5) is 15.5. The molecule has 0 unspecified atom stereocenters. The third kappa shape index (κ3) is 4.19. The number of halogens is 1. The third-order valence-corrected chi connectivity index (χ3v) is 7.06. The number of benzene rings is 2. The fourth-order valence-corrected chi connectivity index (χ4v) is 5.04. The van der Waals surface area contributed by atoms with E-state index in [9.17, 15) is 13.2 Å². The van der Waals surface area contributed by atoms with Crippen LogP contribution in [0.4, 0.5) is 5.69 Å². The van der Waals surface area contributed by atoms with E-state index in [-0.39, 0.29) is 23.0 Å². The molecule has 2 aromatic rings. The summed E-state index contributed by atoms with van der Waals surface area (Å²) in [6.07, 6.45) is -0.0488. The molecule has 0 saturated carbocycles. The van der Waals surface area contributed by atoms with Crippen molar-refractivity contribution in [3.8, 4) is 0 Å². The maximum absolute atomic E-state index is 12.6. The van der Waals surface area contributed by atoms with Crippen LogP contribution in [0.25, 0.3) is 0 Å². The molecule has 1 aliphatic heterocycles. The molecule has 0 fully saturated rings. The smallest absolute Gasteiger partial charge is 0.228 e. The predicted molar refractivity (Wildman–Crippen MR) is 102 cm³/mol. The Hall–Kier alpha value is -1.50. The van der Waals surface area contributed by atoms with Crippen LogP contribution in [0.1, 0.15) is 12.0 Å². The van der Waals surface area contributed by atoms with Gasteiger partial charge in [0.05, 0.1) is 16.3 Å². The van der Waals surface area contributed by atoms with Gasteiger partial charge in [-0.2, -0.15) is 0 Å². The van der Waals surface area contributed by atoms with E-state index >= 15 is 0 Å². The minimum atomic E-state index is -3.48. The summed E-state index contributed by atoms with van der Waals surface area (Å²) >= 11 is 7.72. The van der Waals surface area contributed by atoms with Crippen molar-refractivity contribution >= 4 is 44.8 Å². The van der Waals surface area contributed by atoms with Crippen molar-refractivity contribution in [2.24, 2.45) is 0 Å². The van der Waals surface area contributed by atoms with Gasteiger partial charge in [-0.1, -0.05) is 29.3 Å². The Morgan fingerprint density at radius 2 is 1.92 bits per heavy atom. The molecule has 0 bridgehead atoms. The first kappa shape index (κ1) is 18.3. The van der Waals surface area contributed by atoms with E-state index < -0.39 is 9.84 Å². The zero-order valence-corrected chi connectivity index (χ0v) is 16.1. The molecule has 3 rings (SSSR count). The summed E-state index contributed by atoms with van der Waals surface area (Å²) < 4.78 is 24.9. The van der Waals surface area contributed by atoms with Crippen molar-refractivity contribution in [1.82, 2.24) is 0 Å². The van der Waals surface area contributed by atoms with Crippen LogP contribution in [0.3, 0.4) is 0 Å². The maximum Gasteiger partial charge on any atom is 0.228 e. The molecule has 25 heavy (non-hydrogen) atoms. The summed E-state index contributed by atoms with van der Waals surface area (Å²) in [6.45, 7) is 2.46. The lowest BCUT2D eigenvalue weighted by Crippen LogP contribution is -2.36. The largest absolute Gasteiger partial charge is 0.310 e. The second-order valence-electron chi connectivity index (χ2n) is 5.89. The Kier molecular flexibility index (Phi) is 5.41. The van der Waals surface area contributed by atoms with Crippen LogP contribution in [0.5, 0.6) is 0 Å². The Bertz CT molecular complexity index is 895. The SMILES string of the molecule is Cc1ccc(S(=O)(=O)CCC(=O)N2CCSc3ccc(Cl)cc32)cc1. The van der Waals surface area contributed by atoms with Gasteiger partial charge in [-0.25, -0.2) is 8.42 Å². The molecule has 1 amide bonds. The van der Waals surface area contributed by atoms with Crippen LogP contribution in [0, 0.1) is 6.92 Å². The number of carbonyl (C=O) groups excluding carboxylic acids is 1. The third-order valence-electron chi connectivity index (χ3n) is 4.05. The molecular weight excluding hydrogens is 378 g/mol. The normalized spacial score (nSPS) is 14.2. The predicted octanol–water partition coefficient (Wildman–Crippen LogP) is 3.95. The van der Waals surface area contributed by atoms with Crippen molar-refractivity contribution in [1.29, 1.82) is 0 Å². The Labute approximate surface area is 157 Å². The van der Waals surface area contributed by atoms with Crippen LogP contribution in [0.2, 0.25) is 5.02 Å². The highest BCUT2D eigenvalue weighted by atomic mass is 35.5. The number of sulfone groups is 1. The summed E-state index contributed by atoms with van der Waals surface area (Å²) in [5, 5.41) is 0.561. The summed E-state index contributed by atoms with van der Waals surface area (Å²) in [5.74, 6) is 0.388. The molecule has 0 aromatic heterocycles. The van der Waals surface area contributed by atoms with Crippen LogP contribution >= 0.6 is 23.4 Å². The summed E-state index contributed by atoms with van der Waals surface area (Å²) in [5.41, 5.74) is 1.76. The number of thioether (sulfide) groups is 1. The highest BCUT2D eigenvalue weighted by Crippen LogP contribution is 2.36. The monoisotopic (exact) mass is 395 g/mol. The van der Waals surface area contributed by atoms with Gasteiger partial charge in [0, 0.05) is 28.6 Å². The quantitative estimate of drug-likeness (QED) is 0.786. The fourth-order valence-electron chi connectivity index (χ4n) is 2.67. The van der Waals surface area contributed by atoms with Crippen LogP contribution in [-0.4, -0.2) is 32.4 Å². The highest BCUT2D eigenvalue weighted by molar-refractivity contribution is 7.99. The molecular formula is C18H18ClNO3S2. The molecule has 0 saturated heterocycles. The van der Waals surface area contributed by atoms with E-state index in [2.05, 4.69) is 0 Å².